The van der Waals surface area contributed by atoms with Crippen molar-refractivity contribution in [2.75, 3.05) is 18.0 Å². The molecule has 3 rings (SSSR count). The van der Waals surface area contributed by atoms with E-state index < -0.39 is 0 Å². The van der Waals surface area contributed by atoms with Crippen LogP contribution < -0.4 is 10.2 Å². The first-order chi connectivity index (χ1) is 9.15. The highest BCUT2D eigenvalue weighted by Crippen LogP contribution is 2.36. The number of nitro benzene ring substituents is 1. The molecule has 2 bridgehead atoms. The van der Waals surface area contributed by atoms with Gasteiger partial charge in [0.15, 0.2) is 0 Å². The molecule has 2 unspecified atom stereocenters. The van der Waals surface area contributed by atoms with Crippen LogP contribution in [0.4, 0.5) is 11.4 Å². The molecule has 0 radical (unpaired) electrons. The molecule has 1 N–H and O–H groups in total. The van der Waals surface area contributed by atoms with Gasteiger partial charge < -0.3 is 10.2 Å². The Balaban J connectivity index is 1.93. The Kier molecular flexibility index (Phi) is 3.33. The van der Waals surface area contributed by atoms with Crippen molar-refractivity contribution in [1.82, 2.24) is 5.32 Å². The van der Waals surface area contributed by atoms with E-state index in [1.165, 1.54) is 6.42 Å². The number of rotatable bonds is 2. The highest BCUT2D eigenvalue weighted by molar-refractivity contribution is 6.33. The molecule has 6 heteroatoms. The van der Waals surface area contributed by atoms with Gasteiger partial charge in [-0.15, -0.1) is 0 Å². The van der Waals surface area contributed by atoms with Crippen molar-refractivity contribution in [1.29, 1.82) is 0 Å². The van der Waals surface area contributed by atoms with E-state index >= 15 is 0 Å². The van der Waals surface area contributed by atoms with Crippen molar-refractivity contribution >= 4 is 23.0 Å². The van der Waals surface area contributed by atoms with Gasteiger partial charge in [-0.2, -0.15) is 0 Å². The number of nitrogens with one attached hydrogen (secondary N) is 1. The highest BCUT2D eigenvalue weighted by atomic mass is 35.5. The molecule has 2 aliphatic heterocycles. The Morgan fingerprint density at radius 2 is 2.11 bits per heavy atom. The number of halogens is 1. The number of hydrogen-bond acceptors (Lipinski definition) is 4. The molecule has 0 aromatic heterocycles. The molecule has 1 aromatic rings. The molecule has 5 nitrogen and oxygen atoms in total. The van der Waals surface area contributed by atoms with Crippen molar-refractivity contribution in [2.24, 2.45) is 0 Å². The lowest BCUT2D eigenvalue weighted by atomic mass is 10.1. The molecular weight excluding hydrogens is 266 g/mol. The van der Waals surface area contributed by atoms with Gasteiger partial charge in [-0.1, -0.05) is 17.7 Å². The molecule has 1 aromatic carbocycles. The average molecular weight is 282 g/mol. The third kappa shape index (κ3) is 2.40. The molecule has 2 saturated heterocycles. The molecule has 19 heavy (non-hydrogen) atoms. The summed E-state index contributed by atoms with van der Waals surface area (Å²) in [5, 5.41) is 15.0. The minimum atomic E-state index is -0.381. The van der Waals surface area contributed by atoms with Crippen LogP contribution in [0.2, 0.25) is 5.02 Å². The lowest BCUT2D eigenvalue weighted by Gasteiger charge is -2.26. The molecule has 102 valence electrons. The summed E-state index contributed by atoms with van der Waals surface area (Å²) in [5.74, 6) is 0. The second-order valence-electron chi connectivity index (χ2n) is 5.24. The van der Waals surface area contributed by atoms with E-state index in [4.69, 9.17) is 11.6 Å². The van der Waals surface area contributed by atoms with Crippen LogP contribution in [0.1, 0.15) is 19.3 Å². The highest BCUT2D eigenvalue weighted by Gasteiger charge is 2.32. The van der Waals surface area contributed by atoms with E-state index in [1.54, 1.807) is 18.2 Å². The molecule has 0 saturated carbocycles. The predicted molar refractivity (Wildman–Crippen MR) is 74.9 cm³/mol. The molecule has 2 aliphatic rings. The second kappa shape index (κ2) is 4.98. The van der Waals surface area contributed by atoms with Gasteiger partial charge in [0.1, 0.15) is 10.7 Å². The predicted octanol–water partition coefficient (Wildman–Crippen LogP) is 2.58. The van der Waals surface area contributed by atoms with Gasteiger partial charge in [0.25, 0.3) is 0 Å². The molecule has 0 spiro atoms. The molecule has 2 atom stereocenters. The van der Waals surface area contributed by atoms with Crippen molar-refractivity contribution in [3.05, 3.63) is 33.3 Å². The Hall–Kier alpha value is -1.33. The minimum Gasteiger partial charge on any atom is -0.364 e. The summed E-state index contributed by atoms with van der Waals surface area (Å²) in [6.07, 6.45) is 3.39. The summed E-state index contributed by atoms with van der Waals surface area (Å²) in [5.41, 5.74) is 0.675. The fourth-order valence-corrected chi connectivity index (χ4v) is 3.34. The zero-order valence-electron chi connectivity index (χ0n) is 10.5. The Labute approximate surface area is 116 Å². The monoisotopic (exact) mass is 281 g/mol. The van der Waals surface area contributed by atoms with Crippen LogP contribution >= 0.6 is 11.6 Å². The van der Waals surface area contributed by atoms with Crippen molar-refractivity contribution in [3.8, 4) is 0 Å². The quantitative estimate of drug-likeness (QED) is 0.669. The fraction of sp³-hybridized carbons (Fsp3) is 0.538. The first-order valence-electron chi connectivity index (χ1n) is 6.59. The number of hydrogen-bond donors (Lipinski definition) is 1. The van der Waals surface area contributed by atoms with E-state index in [2.05, 4.69) is 10.2 Å². The van der Waals surface area contributed by atoms with Crippen LogP contribution in [0, 0.1) is 10.1 Å². The zero-order chi connectivity index (χ0) is 13.4. The SMILES string of the molecule is O=[N+]([O-])c1c(Cl)cccc1N1CCC2CCC(C1)N2. The van der Waals surface area contributed by atoms with Crippen molar-refractivity contribution in [2.45, 2.75) is 31.3 Å². The molecule has 2 fully saturated rings. The summed E-state index contributed by atoms with van der Waals surface area (Å²) >= 11 is 5.98. The van der Waals surface area contributed by atoms with Gasteiger partial charge >= 0.3 is 5.69 Å². The number of benzene rings is 1. The molecular formula is C13H16ClN3O2. The van der Waals surface area contributed by atoms with E-state index in [0.29, 0.717) is 17.8 Å². The first-order valence-corrected chi connectivity index (χ1v) is 6.97. The number of fused-ring (bicyclic) bond motifs is 2. The summed E-state index contributed by atoms with van der Waals surface area (Å²) in [6.45, 7) is 1.66. The number of nitro groups is 1. The summed E-state index contributed by atoms with van der Waals surface area (Å²) < 4.78 is 0. The van der Waals surface area contributed by atoms with E-state index in [0.717, 1.165) is 25.9 Å². The summed E-state index contributed by atoms with van der Waals surface area (Å²) in [6, 6.07) is 6.15. The number of anilines is 1. The maximum Gasteiger partial charge on any atom is 0.310 e. The standard InChI is InChI=1S/C13H16ClN3O2/c14-11-2-1-3-12(13(11)17(18)19)16-7-6-9-4-5-10(8-16)15-9/h1-3,9-10,15H,4-8H2. The molecule has 2 heterocycles. The smallest absolute Gasteiger partial charge is 0.310 e. The third-order valence-electron chi connectivity index (χ3n) is 4.01. The second-order valence-corrected chi connectivity index (χ2v) is 5.64. The Morgan fingerprint density at radius 1 is 1.32 bits per heavy atom. The normalized spacial score (nSPS) is 26.3. The molecule has 0 aliphatic carbocycles. The van der Waals surface area contributed by atoms with Crippen molar-refractivity contribution in [3.63, 3.8) is 0 Å². The van der Waals surface area contributed by atoms with E-state index in [1.807, 2.05) is 0 Å². The number of para-hydroxylation sites is 1. The fourth-order valence-electron chi connectivity index (χ4n) is 3.10. The van der Waals surface area contributed by atoms with Crippen LogP contribution in [0.15, 0.2) is 18.2 Å². The Morgan fingerprint density at radius 3 is 2.89 bits per heavy atom. The van der Waals surface area contributed by atoms with E-state index in [9.17, 15) is 10.1 Å². The summed E-state index contributed by atoms with van der Waals surface area (Å²) in [4.78, 5) is 12.9. The van der Waals surface area contributed by atoms with Gasteiger partial charge in [0.05, 0.1) is 4.92 Å². The zero-order valence-corrected chi connectivity index (χ0v) is 11.3. The van der Waals surface area contributed by atoms with Crippen LogP contribution in [0.5, 0.6) is 0 Å². The third-order valence-corrected chi connectivity index (χ3v) is 4.32. The largest absolute Gasteiger partial charge is 0.364 e. The van der Waals surface area contributed by atoms with Crippen LogP contribution in [0.25, 0.3) is 0 Å². The van der Waals surface area contributed by atoms with Gasteiger partial charge in [0, 0.05) is 25.2 Å². The van der Waals surface area contributed by atoms with Gasteiger partial charge in [0.2, 0.25) is 0 Å². The summed E-state index contributed by atoms with van der Waals surface area (Å²) in [7, 11) is 0. The average Bonchev–Trinajstić information content (AvgIpc) is 2.68. The van der Waals surface area contributed by atoms with Crippen LogP contribution in [-0.2, 0) is 0 Å². The lowest BCUT2D eigenvalue weighted by Crippen LogP contribution is -2.35. The molecule has 0 amide bonds. The minimum absolute atomic E-state index is 0.0296. The van der Waals surface area contributed by atoms with Crippen molar-refractivity contribution < 1.29 is 4.92 Å². The topological polar surface area (TPSA) is 58.4 Å². The Bertz CT molecular complexity index is 509. The van der Waals surface area contributed by atoms with Gasteiger partial charge in [-0.05, 0) is 31.4 Å². The number of nitrogens with zero attached hydrogens (tertiary/aromatic N) is 2. The van der Waals surface area contributed by atoms with Crippen LogP contribution in [-0.4, -0.2) is 30.1 Å². The van der Waals surface area contributed by atoms with Gasteiger partial charge in [-0.3, -0.25) is 10.1 Å². The van der Waals surface area contributed by atoms with Crippen LogP contribution in [0.3, 0.4) is 0 Å². The maximum atomic E-state index is 11.2. The lowest BCUT2D eigenvalue weighted by molar-refractivity contribution is -0.384. The van der Waals surface area contributed by atoms with Gasteiger partial charge in [-0.25, -0.2) is 0 Å². The van der Waals surface area contributed by atoms with E-state index in [-0.39, 0.29) is 15.6 Å². The maximum absolute atomic E-state index is 11.2. The first kappa shape index (κ1) is 12.7.